The van der Waals surface area contributed by atoms with E-state index >= 15 is 0 Å². The van der Waals surface area contributed by atoms with Crippen molar-refractivity contribution in [2.45, 2.75) is 32.7 Å². The van der Waals surface area contributed by atoms with E-state index in [1.165, 1.54) is 0 Å². The first-order valence-electron chi connectivity index (χ1n) is 5.01. The largest absolute Gasteiger partial charge is 0.367 e. The van der Waals surface area contributed by atoms with Crippen LogP contribution in [0, 0.1) is 6.92 Å². The summed E-state index contributed by atoms with van der Waals surface area (Å²) in [5.41, 5.74) is 6.96. The standard InChI is InChI=1S/C10H18N4/c1-3-4-9(11)7-12-10-5-8(2)6-13-14-10/h5-6,9H,3-4,7,11H2,1-2H3,(H,12,14). The zero-order chi connectivity index (χ0) is 10.4. The van der Waals surface area contributed by atoms with Gasteiger partial charge in [0.25, 0.3) is 0 Å². The van der Waals surface area contributed by atoms with Crippen molar-refractivity contribution in [2.75, 3.05) is 11.9 Å². The molecule has 0 bridgehead atoms. The van der Waals surface area contributed by atoms with Crippen LogP contribution >= 0.6 is 0 Å². The molecule has 14 heavy (non-hydrogen) atoms. The number of nitrogens with zero attached hydrogens (tertiary/aromatic N) is 2. The summed E-state index contributed by atoms with van der Waals surface area (Å²) in [4.78, 5) is 0. The maximum Gasteiger partial charge on any atom is 0.148 e. The van der Waals surface area contributed by atoms with Gasteiger partial charge in [0.2, 0.25) is 0 Å². The van der Waals surface area contributed by atoms with Crippen LogP contribution in [0.2, 0.25) is 0 Å². The van der Waals surface area contributed by atoms with Crippen molar-refractivity contribution >= 4 is 5.82 Å². The van der Waals surface area contributed by atoms with E-state index in [9.17, 15) is 0 Å². The first kappa shape index (κ1) is 10.9. The quantitative estimate of drug-likeness (QED) is 0.742. The van der Waals surface area contributed by atoms with E-state index in [0.717, 1.165) is 30.8 Å². The molecule has 0 aliphatic heterocycles. The minimum absolute atomic E-state index is 0.197. The Balaban J connectivity index is 2.37. The molecule has 0 fully saturated rings. The summed E-state index contributed by atoms with van der Waals surface area (Å²) >= 11 is 0. The van der Waals surface area contributed by atoms with Crippen molar-refractivity contribution in [3.8, 4) is 0 Å². The predicted molar refractivity (Wildman–Crippen MR) is 58.1 cm³/mol. The Morgan fingerprint density at radius 1 is 1.57 bits per heavy atom. The Hall–Kier alpha value is -1.16. The topological polar surface area (TPSA) is 63.8 Å². The third-order valence-electron chi connectivity index (χ3n) is 2.00. The van der Waals surface area contributed by atoms with Crippen molar-refractivity contribution in [1.82, 2.24) is 10.2 Å². The number of nitrogens with two attached hydrogens (primary N) is 1. The van der Waals surface area contributed by atoms with Gasteiger partial charge in [-0.1, -0.05) is 13.3 Å². The second kappa shape index (κ2) is 5.54. The molecule has 1 rings (SSSR count). The van der Waals surface area contributed by atoms with Crippen LogP contribution in [0.1, 0.15) is 25.3 Å². The molecular formula is C10H18N4. The Bertz CT molecular complexity index is 275. The highest BCUT2D eigenvalue weighted by molar-refractivity contribution is 5.35. The second-order valence-corrected chi connectivity index (χ2v) is 3.55. The first-order valence-corrected chi connectivity index (χ1v) is 5.01. The average molecular weight is 194 g/mol. The number of nitrogens with one attached hydrogen (secondary N) is 1. The van der Waals surface area contributed by atoms with Crippen LogP contribution in [0.5, 0.6) is 0 Å². The molecule has 1 aromatic heterocycles. The Morgan fingerprint density at radius 3 is 3.00 bits per heavy atom. The van der Waals surface area contributed by atoms with E-state index in [4.69, 9.17) is 5.73 Å². The van der Waals surface area contributed by atoms with Crippen LogP contribution in [0.25, 0.3) is 0 Å². The molecule has 0 amide bonds. The van der Waals surface area contributed by atoms with E-state index in [1.807, 2.05) is 13.0 Å². The molecule has 1 aromatic rings. The molecule has 4 heteroatoms. The van der Waals surface area contributed by atoms with E-state index < -0.39 is 0 Å². The van der Waals surface area contributed by atoms with Crippen molar-refractivity contribution in [3.63, 3.8) is 0 Å². The van der Waals surface area contributed by atoms with Gasteiger partial charge in [-0.2, -0.15) is 5.10 Å². The van der Waals surface area contributed by atoms with Gasteiger partial charge in [0.1, 0.15) is 5.82 Å². The van der Waals surface area contributed by atoms with Crippen molar-refractivity contribution in [1.29, 1.82) is 0 Å². The molecule has 0 spiro atoms. The molecule has 0 aliphatic carbocycles. The molecule has 3 N–H and O–H groups in total. The van der Waals surface area contributed by atoms with Gasteiger partial charge in [-0.25, -0.2) is 0 Å². The zero-order valence-corrected chi connectivity index (χ0v) is 8.83. The maximum atomic E-state index is 5.86. The van der Waals surface area contributed by atoms with Crippen LogP contribution in [0.3, 0.4) is 0 Å². The fourth-order valence-corrected chi connectivity index (χ4v) is 1.26. The molecule has 0 aromatic carbocycles. The van der Waals surface area contributed by atoms with Crippen molar-refractivity contribution < 1.29 is 0 Å². The van der Waals surface area contributed by atoms with Crippen molar-refractivity contribution in [2.24, 2.45) is 5.73 Å². The summed E-state index contributed by atoms with van der Waals surface area (Å²) in [7, 11) is 0. The molecule has 0 aliphatic rings. The third-order valence-corrected chi connectivity index (χ3v) is 2.00. The summed E-state index contributed by atoms with van der Waals surface area (Å²) in [6, 6.07) is 2.16. The van der Waals surface area contributed by atoms with Gasteiger partial charge < -0.3 is 11.1 Å². The molecule has 78 valence electrons. The van der Waals surface area contributed by atoms with E-state index in [0.29, 0.717) is 0 Å². The highest BCUT2D eigenvalue weighted by Crippen LogP contribution is 2.03. The number of aryl methyl sites for hydroxylation is 1. The number of anilines is 1. The Kier molecular flexibility index (Phi) is 4.32. The molecule has 1 unspecified atom stereocenters. The fourth-order valence-electron chi connectivity index (χ4n) is 1.26. The van der Waals surface area contributed by atoms with Crippen LogP contribution in [-0.2, 0) is 0 Å². The first-order chi connectivity index (χ1) is 6.72. The lowest BCUT2D eigenvalue weighted by Gasteiger charge is -2.11. The normalized spacial score (nSPS) is 12.5. The third kappa shape index (κ3) is 3.70. The van der Waals surface area contributed by atoms with Gasteiger partial charge in [-0.3, -0.25) is 0 Å². The molecule has 4 nitrogen and oxygen atoms in total. The molecule has 1 heterocycles. The van der Waals surface area contributed by atoms with Gasteiger partial charge in [-0.05, 0) is 25.0 Å². The SMILES string of the molecule is CCCC(N)CNc1cc(C)cnn1. The number of aromatic nitrogens is 2. The van der Waals surface area contributed by atoms with E-state index in [2.05, 4.69) is 22.4 Å². The molecular weight excluding hydrogens is 176 g/mol. The second-order valence-electron chi connectivity index (χ2n) is 3.55. The Labute approximate surface area is 84.9 Å². The highest BCUT2D eigenvalue weighted by atomic mass is 15.2. The van der Waals surface area contributed by atoms with Gasteiger partial charge in [0.05, 0.1) is 6.20 Å². The van der Waals surface area contributed by atoms with Gasteiger partial charge in [-0.15, -0.1) is 5.10 Å². The summed E-state index contributed by atoms with van der Waals surface area (Å²) in [5.74, 6) is 0.802. The van der Waals surface area contributed by atoms with Crippen LogP contribution in [0.15, 0.2) is 12.3 Å². The summed E-state index contributed by atoms with van der Waals surface area (Å²) in [6.45, 7) is 4.88. The smallest absolute Gasteiger partial charge is 0.148 e. The monoisotopic (exact) mass is 194 g/mol. The minimum Gasteiger partial charge on any atom is -0.367 e. The van der Waals surface area contributed by atoms with Gasteiger partial charge in [0, 0.05) is 12.6 Å². The van der Waals surface area contributed by atoms with Crippen molar-refractivity contribution in [3.05, 3.63) is 17.8 Å². The lowest BCUT2D eigenvalue weighted by atomic mass is 10.2. The van der Waals surface area contributed by atoms with Crippen LogP contribution in [-0.4, -0.2) is 22.8 Å². The lowest BCUT2D eigenvalue weighted by Crippen LogP contribution is -2.29. The summed E-state index contributed by atoms with van der Waals surface area (Å²) < 4.78 is 0. The number of hydrogen-bond donors (Lipinski definition) is 2. The lowest BCUT2D eigenvalue weighted by molar-refractivity contribution is 0.625. The molecule has 0 radical (unpaired) electrons. The summed E-state index contributed by atoms with van der Waals surface area (Å²) in [6.07, 6.45) is 3.88. The van der Waals surface area contributed by atoms with Crippen LogP contribution in [0.4, 0.5) is 5.82 Å². The number of rotatable bonds is 5. The Morgan fingerprint density at radius 2 is 2.36 bits per heavy atom. The zero-order valence-electron chi connectivity index (χ0n) is 8.83. The maximum absolute atomic E-state index is 5.86. The van der Waals surface area contributed by atoms with Gasteiger partial charge >= 0.3 is 0 Å². The van der Waals surface area contributed by atoms with Crippen LogP contribution < -0.4 is 11.1 Å². The van der Waals surface area contributed by atoms with E-state index in [1.54, 1.807) is 6.20 Å². The molecule has 0 saturated heterocycles. The summed E-state index contributed by atoms with van der Waals surface area (Å²) in [5, 5.41) is 11.0. The molecule has 0 saturated carbocycles. The fraction of sp³-hybridized carbons (Fsp3) is 0.600. The average Bonchev–Trinajstić information content (AvgIpc) is 2.15. The molecule has 1 atom stereocenters. The van der Waals surface area contributed by atoms with E-state index in [-0.39, 0.29) is 6.04 Å². The minimum atomic E-state index is 0.197. The predicted octanol–water partition coefficient (Wildman–Crippen LogP) is 1.32. The van der Waals surface area contributed by atoms with Gasteiger partial charge in [0.15, 0.2) is 0 Å². The number of hydrogen-bond acceptors (Lipinski definition) is 4. The highest BCUT2D eigenvalue weighted by Gasteiger charge is 2.01.